The first kappa shape index (κ1) is 28.8. The molecule has 0 heterocycles. The molecule has 0 N–H and O–H groups in total. The van der Waals surface area contributed by atoms with Gasteiger partial charge in [0.2, 0.25) is 0 Å². The summed E-state index contributed by atoms with van der Waals surface area (Å²) in [6.07, 6.45) is 11.3. The summed E-state index contributed by atoms with van der Waals surface area (Å²) in [5.74, 6) is 0.485. The van der Waals surface area contributed by atoms with Gasteiger partial charge in [0.15, 0.2) is 11.6 Å². The highest BCUT2D eigenvalue weighted by Gasteiger charge is 2.35. The molecule has 3 aromatic rings. The van der Waals surface area contributed by atoms with Gasteiger partial charge >= 0.3 is 0 Å². The Kier molecular flexibility index (Phi) is 9.04. The highest BCUT2D eigenvalue weighted by atomic mass is 32.2. The van der Waals surface area contributed by atoms with E-state index < -0.39 is 0 Å². The molecule has 0 aliphatic heterocycles. The molecule has 41 heavy (non-hydrogen) atoms. The molecule has 0 radical (unpaired) electrons. The molecule has 0 saturated heterocycles. The van der Waals surface area contributed by atoms with Gasteiger partial charge in [0.25, 0.3) is 0 Å². The van der Waals surface area contributed by atoms with Crippen molar-refractivity contribution in [3.8, 4) is 5.75 Å². The van der Waals surface area contributed by atoms with Crippen LogP contribution in [0.2, 0.25) is 0 Å². The Bertz CT molecular complexity index is 1530. The average Bonchev–Trinajstić information content (AvgIpc) is 3.65. The fraction of sp³-hybridized carbons (Fsp3) is 0.278. The number of Topliss-reactive ketones (excluding diaryl/α,β-unsaturated/α-hetero) is 2. The second-order valence-corrected chi connectivity index (χ2v) is 11.6. The van der Waals surface area contributed by atoms with Crippen molar-refractivity contribution >= 4 is 23.3 Å². The van der Waals surface area contributed by atoms with E-state index in [9.17, 15) is 14.0 Å². The van der Waals surface area contributed by atoms with E-state index in [-0.39, 0.29) is 29.2 Å². The molecule has 2 atom stereocenters. The quantitative estimate of drug-likeness (QED) is 0.172. The normalized spacial score (nSPS) is 18.1. The van der Waals surface area contributed by atoms with E-state index in [2.05, 4.69) is 19.1 Å². The number of carbonyl (C=O) groups is 2. The molecule has 0 amide bonds. The highest BCUT2D eigenvalue weighted by Crippen LogP contribution is 2.48. The van der Waals surface area contributed by atoms with Crippen LogP contribution < -0.4 is 4.74 Å². The molecule has 2 unspecified atom stereocenters. The molecule has 0 saturated carbocycles. The molecule has 2 aliphatic rings. The number of hydrogen-bond donors (Lipinski definition) is 0. The lowest BCUT2D eigenvalue weighted by molar-refractivity contribution is -0.113. The summed E-state index contributed by atoms with van der Waals surface area (Å²) in [5, 5.41) is 0. The molecule has 3 nitrogen and oxygen atoms in total. The maximum absolute atomic E-state index is 14.0. The number of rotatable bonds is 11. The monoisotopic (exact) mass is 566 g/mol. The summed E-state index contributed by atoms with van der Waals surface area (Å²) >= 11 is 1.61. The van der Waals surface area contributed by atoms with E-state index in [0.29, 0.717) is 25.0 Å². The average molecular weight is 567 g/mol. The van der Waals surface area contributed by atoms with Crippen LogP contribution in [0.4, 0.5) is 4.39 Å². The summed E-state index contributed by atoms with van der Waals surface area (Å²) in [4.78, 5) is 26.7. The van der Waals surface area contributed by atoms with Crippen LogP contribution in [0.25, 0.3) is 0 Å². The minimum atomic E-state index is -0.270. The molecule has 5 rings (SSSR count). The van der Waals surface area contributed by atoms with Crippen LogP contribution in [0, 0.1) is 5.82 Å². The second kappa shape index (κ2) is 12.9. The number of hydrogen-bond acceptors (Lipinski definition) is 4. The summed E-state index contributed by atoms with van der Waals surface area (Å²) < 4.78 is 20.0. The first-order valence-corrected chi connectivity index (χ1v) is 15.4. The van der Waals surface area contributed by atoms with Crippen molar-refractivity contribution in [2.45, 2.75) is 56.3 Å². The number of allylic oxidation sites excluding steroid dienone is 5. The van der Waals surface area contributed by atoms with Crippen molar-refractivity contribution in [1.29, 1.82) is 0 Å². The lowest BCUT2D eigenvalue weighted by Gasteiger charge is -2.21. The zero-order chi connectivity index (χ0) is 28.9. The third-order valence-electron chi connectivity index (χ3n) is 7.95. The van der Waals surface area contributed by atoms with Gasteiger partial charge in [-0.3, -0.25) is 9.59 Å². The Morgan fingerprint density at radius 3 is 2.41 bits per heavy atom. The first-order valence-electron chi connectivity index (χ1n) is 14.2. The fourth-order valence-electron chi connectivity index (χ4n) is 5.76. The van der Waals surface area contributed by atoms with Crippen LogP contribution in [0.15, 0.2) is 107 Å². The highest BCUT2D eigenvalue weighted by molar-refractivity contribution is 7.98. The predicted molar refractivity (Wildman–Crippen MR) is 165 cm³/mol. The first-order chi connectivity index (χ1) is 19.9. The largest absolute Gasteiger partial charge is 0.488 e. The van der Waals surface area contributed by atoms with Crippen molar-refractivity contribution < 1.29 is 18.7 Å². The number of benzene rings is 3. The summed E-state index contributed by atoms with van der Waals surface area (Å²) in [5.41, 5.74) is 6.60. The second-order valence-electron chi connectivity index (χ2n) is 10.8. The number of halogens is 1. The number of aryl methyl sites for hydroxylation is 1. The maximum Gasteiger partial charge on any atom is 0.189 e. The molecule has 0 bridgehead atoms. The van der Waals surface area contributed by atoms with Crippen molar-refractivity contribution in [2.75, 3.05) is 12.9 Å². The van der Waals surface area contributed by atoms with E-state index in [1.165, 1.54) is 17.7 Å². The third-order valence-corrected chi connectivity index (χ3v) is 8.80. The molecule has 3 aromatic carbocycles. The smallest absolute Gasteiger partial charge is 0.189 e. The van der Waals surface area contributed by atoms with Crippen molar-refractivity contribution in [3.05, 3.63) is 130 Å². The Morgan fingerprint density at radius 1 is 1.00 bits per heavy atom. The Hall–Kier alpha value is -3.70. The van der Waals surface area contributed by atoms with Crippen LogP contribution in [-0.2, 0) is 11.2 Å². The zero-order valence-corrected chi connectivity index (χ0v) is 24.6. The lowest BCUT2D eigenvalue weighted by Crippen LogP contribution is -2.11. The fourth-order valence-corrected chi connectivity index (χ4v) is 6.54. The van der Waals surface area contributed by atoms with E-state index in [4.69, 9.17) is 4.74 Å². The van der Waals surface area contributed by atoms with Crippen molar-refractivity contribution in [1.82, 2.24) is 0 Å². The van der Waals surface area contributed by atoms with Gasteiger partial charge in [0.05, 0.1) is 4.90 Å². The van der Waals surface area contributed by atoms with E-state index >= 15 is 0 Å². The van der Waals surface area contributed by atoms with E-state index in [1.807, 2.05) is 66.9 Å². The summed E-state index contributed by atoms with van der Waals surface area (Å²) in [6, 6.07) is 20.6. The number of carbonyl (C=O) groups excluding carboxylic acids is 2. The van der Waals surface area contributed by atoms with Crippen molar-refractivity contribution in [2.24, 2.45) is 0 Å². The molecular weight excluding hydrogens is 531 g/mol. The number of thioether (sulfide) groups is 1. The van der Waals surface area contributed by atoms with Crippen molar-refractivity contribution in [3.63, 3.8) is 0 Å². The standard InChI is InChI=1S/C36H35FO3S/c1-4-6-24-9-12-27(13-10-24)35(39)33-21-29(26-15-17-30(37)18-16-26)20-32(33)31-7-5-8-34(36(31)41-3)40-22-25-11-14-28(19-25)23(2)38/h5,7-18,21,29,32H,4,6,19-20,22H2,1-3H3. The van der Waals surface area contributed by atoms with Crippen LogP contribution in [0.1, 0.15) is 72.0 Å². The minimum absolute atomic E-state index is 0.00193. The number of ether oxygens (including phenoxy) is 1. The molecule has 5 heteroatoms. The zero-order valence-electron chi connectivity index (χ0n) is 23.8. The van der Waals surface area contributed by atoms with Gasteiger partial charge < -0.3 is 4.74 Å². The summed E-state index contributed by atoms with van der Waals surface area (Å²) in [6.45, 7) is 4.14. The van der Waals surface area contributed by atoms with Crippen LogP contribution in [0.5, 0.6) is 5.75 Å². The predicted octanol–water partition coefficient (Wildman–Crippen LogP) is 8.80. The van der Waals surface area contributed by atoms with E-state index in [1.54, 1.807) is 18.7 Å². The van der Waals surface area contributed by atoms with Crippen LogP contribution in [-0.4, -0.2) is 24.4 Å². The van der Waals surface area contributed by atoms with Gasteiger partial charge in [-0.1, -0.05) is 80.1 Å². The minimum Gasteiger partial charge on any atom is -0.488 e. The molecule has 0 spiro atoms. The van der Waals surface area contributed by atoms with Gasteiger partial charge in [-0.05, 0) is 72.1 Å². The van der Waals surface area contributed by atoms with Crippen LogP contribution in [0.3, 0.4) is 0 Å². The lowest BCUT2D eigenvalue weighted by atomic mass is 9.86. The SMILES string of the molecule is CCCc1ccc(C(=O)C2=CC(c3ccc(F)cc3)CC2c2cccc(OCC3=CC=C(C(C)=O)C3)c2SC)cc1. The van der Waals surface area contributed by atoms with Gasteiger partial charge in [-0.15, -0.1) is 11.8 Å². The Morgan fingerprint density at radius 2 is 1.76 bits per heavy atom. The molecule has 0 aromatic heterocycles. The van der Waals surface area contributed by atoms with Gasteiger partial charge in [0, 0.05) is 29.4 Å². The van der Waals surface area contributed by atoms with Crippen LogP contribution >= 0.6 is 11.8 Å². The maximum atomic E-state index is 14.0. The topological polar surface area (TPSA) is 43.4 Å². The van der Waals surface area contributed by atoms with Gasteiger partial charge in [-0.25, -0.2) is 4.39 Å². The molecular formula is C36H35FO3S. The Labute approximate surface area is 246 Å². The number of ketones is 2. The molecule has 0 fully saturated rings. The third kappa shape index (κ3) is 6.46. The molecule has 210 valence electrons. The van der Waals surface area contributed by atoms with Gasteiger partial charge in [0.1, 0.15) is 18.2 Å². The molecule has 2 aliphatic carbocycles. The van der Waals surface area contributed by atoms with Gasteiger partial charge in [-0.2, -0.15) is 0 Å². The summed E-state index contributed by atoms with van der Waals surface area (Å²) in [7, 11) is 0. The van der Waals surface area contributed by atoms with E-state index in [0.717, 1.165) is 51.3 Å². The Balaban J connectivity index is 1.45.